The van der Waals surface area contributed by atoms with E-state index in [0.717, 1.165) is 25.9 Å². The Balaban J connectivity index is 1.58. The summed E-state index contributed by atoms with van der Waals surface area (Å²) in [6.45, 7) is 4.07. The van der Waals surface area contributed by atoms with Gasteiger partial charge in [-0.15, -0.1) is 0 Å². The molecule has 0 spiro atoms. The molecule has 9 heteroatoms. The van der Waals surface area contributed by atoms with Crippen LogP contribution >= 0.6 is 0 Å². The van der Waals surface area contributed by atoms with E-state index in [0.29, 0.717) is 38.7 Å². The SMILES string of the molecule is O=C(O)c1cc(NS(=O)(=O)CCC2CC2)ccc1OCCN1CCOCC1. The van der Waals surface area contributed by atoms with Gasteiger partial charge in [-0.1, -0.05) is 12.8 Å². The Morgan fingerprint density at radius 3 is 2.70 bits per heavy atom. The highest BCUT2D eigenvalue weighted by molar-refractivity contribution is 7.92. The first-order chi connectivity index (χ1) is 12.9. The minimum Gasteiger partial charge on any atom is -0.491 e. The first-order valence-corrected chi connectivity index (χ1v) is 10.9. The molecule has 1 aliphatic carbocycles. The van der Waals surface area contributed by atoms with Crippen molar-refractivity contribution in [2.24, 2.45) is 5.92 Å². The molecule has 1 heterocycles. The second-order valence-electron chi connectivity index (χ2n) is 6.97. The lowest BCUT2D eigenvalue weighted by Crippen LogP contribution is -2.38. The first-order valence-electron chi connectivity index (χ1n) is 9.24. The maximum atomic E-state index is 12.1. The van der Waals surface area contributed by atoms with Crippen molar-refractivity contribution in [1.29, 1.82) is 0 Å². The Kier molecular flexibility index (Phi) is 6.56. The number of carboxylic acid groups (broad SMARTS) is 1. The number of nitrogens with one attached hydrogen (secondary N) is 1. The van der Waals surface area contributed by atoms with Gasteiger partial charge in [0.15, 0.2) is 0 Å². The van der Waals surface area contributed by atoms with Gasteiger partial charge in [0.2, 0.25) is 10.0 Å². The summed E-state index contributed by atoms with van der Waals surface area (Å²) in [5.41, 5.74) is 0.183. The van der Waals surface area contributed by atoms with E-state index in [1.165, 1.54) is 18.2 Å². The maximum absolute atomic E-state index is 12.1. The van der Waals surface area contributed by atoms with Crippen LogP contribution in [0.2, 0.25) is 0 Å². The zero-order chi connectivity index (χ0) is 19.3. The number of anilines is 1. The minimum atomic E-state index is -3.48. The van der Waals surface area contributed by atoms with E-state index >= 15 is 0 Å². The van der Waals surface area contributed by atoms with Crippen LogP contribution in [0.1, 0.15) is 29.6 Å². The van der Waals surface area contributed by atoms with Gasteiger partial charge in [0.25, 0.3) is 0 Å². The normalized spacial score (nSPS) is 18.2. The summed E-state index contributed by atoms with van der Waals surface area (Å²) in [5.74, 6) is -0.358. The Morgan fingerprint density at radius 1 is 1.30 bits per heavy atom. The Morgan fingerprint density at radius 2 is 2.04 bits per heavy atom. The third-order valence-electron chi connectivity index (χ3n) is 4.74. The van der Waals surface area contributed by atoms with Crippen LogP contribution in [-0.4, -0.2) is 69.6 Å². The van der Waals surface area contributed by atoms with E-state index in [4.69, 9.17) is 9.47 Å². The number of aromatic carboxylic acids is 1. The fourth-order valence-electron chi connectivity index (χ4n) is 2.95. The van der Waals surface area contributed by atoms with Gasteiger partial charge < -0.3 is 14.6 Å². The van der Waals surface area contributed by atoms with Crippen LogP contribution in [0.15, 0.2) is 18.2 Å². The van der Waals surface area contributed by atoms with Crippen LogP contribution < -0.4 is 9.46 Å². The summed E-state index contributed by atoms with van der Waals surface area (Å²) >= 11 is 0. The zero-order valence-corrected chi connectivity index (χ0v) is 16.0. The molecule has 1 saturated carbocycles. The van der Waals surface area contributed by atoms with E-state index in [9.17, 15) is 18.3 Å². The third-order valence-corrected chi connectivity index (χ3v) is 6.06. The molecule has 27 heavy (non-hydrogen) atoms. The maximum Gasteiger partial charge on any atom is 0.339 e. The number of carbonyl (C=O) groups is 1. The molecule has 2 N–H and O–H groups in total. The van der Waals surface area contributed by atoms with Crippen molar-refractivity contribution in [3.8, 4) is 5.75 Å². The van der Waals surface area contributed by atoms with Gasteiger partial charge in [-0.25, -0.2) is 13.2 Å². The molecule has 0 unspecified atom stereocenters. The fraction of sp³-hybridized carbons (Fsp3) is 0.611. The van der Waals surface area contributed by atoms with Gasteiger partial charge in [-0.3, -0.25) is 9.62 Å². The van der Waals surface area contributed by atoms with Crippen molar-refractivity contribution in [3.63, 3.8) is 0 Å². The highest BCUT2D eigenvalue weighted by Gasteiger charge is 2.24. The molecule has 0 aromatic heterocycles. The number of ether oxygens (including phenoxy) is 2. The molecular weight excluding hydrogens is 372 g/mol. The predicted molar refractivity (Wildman–Crippen MR) is 101 cm³/mol. The molecule has 1 aromatic rings. The van der Waals surface area contributed by atoms with Crippen LogP contribution in [-0.2, 0) is 14.8 Å². The molecule has 1 aromatic carbocycles. The van der Waals surface area contributed by atoms with Gasteiger partial charge in [0.05, 0.1) is 19.0 Å². The Hall–Kier alpha value is -1.84. The molecular formula is C18H26N2O6S. The summed E-state index contributed by atoms with van der Waals surface area (Å²) < 4.78 is 37.7. The topological polar surface area (TPSA) is 105 Å². The third kappa shape index (κ3) is 6.37. The standard InChI is InChI=1S/C18H26N2O6S/c21-18(22)16-13-15(19-27(23,24)12-5-14-1-2-14)3-4-17(16)26-11-8-20-6-9-25-10-7-20/h3-4,13-14,19H,1-2,5-12H2,(H,21,22). The lowest BCUT2D eigenvalue weighted by atomic mass is 10.2. The first kappa shape index (κ1) is 19.9. The number of hydrogen-bond acceptors (Lipinski definition) is 6. The lowest BCUT2D eigenvalue weighted by Gasteiger charge is -2.26. The fourth-order valence-corrected chi connectivity index (χ4v) is 4.19. The second-order valence-corrected chi connectivity index (χ2v) is 8.81. The van der Waals surface area contributed by atoms with Crippen molar-refractivity contribution in [1.82, 2.24) is 4.90 Å². The van der Waals surface area contributed by atoms with E-state index in [2.05, 4.69) is 9.62 Å². The molecule has 8 nitrogen and oxygen atoms in total. The van der Waals surface area contributed by atoms with Crippen molar-refractivity contribution >= 4 is 21.7 Å². The van der Waals surface area contributed by atoms with Gasteiger partial charge in [-0.05, 0) is 30.5 Å². The molecule has 2 aliphatic rings. The number of nitrogens with zero attached hydrogens (tertiary/aromatic N) is 1. The summed E-state index contributed by atoms with van der Waals surface area (Å²) in [5, 5.41) is 9.44. The summed E-state index contributed by atoms with van der Waals surface area (Å²) in [6, 6.07) is 4.34. The molecule has 150 valence electrons. The Bertz CT molecular complexity index is 757. The van der Waals surface area contributed by atoms with E-state index in [1.54, 1.807) is 0 Å². The molecule has 0 amide bonds. The van der Waals surface area contributed by atoms with Crippen molar-refractivity contribution in [2.45, 2.75) is 19.3 Å². The van der Waals surface area contributed by atoms with Gasteiger partial charge >= 0.3 is 5.97 Å². The molecule has 0 radical (unpaired) electrons. The quantitative estimate of drug-likeness (QED) is 0.617. The number of rotatable bonds is 10. The Labute approximate surface area is 159 Å². The van der Waals surface area contributed by atoms with E-state index < -0.39 is 16.0 Å². The summed E-state index contributed by atoms with van der Waals surface area (Å²) in [6.07, 6.45) is 2.83. The van der Waals surface area contributed by atoms with E-state index in [1.807, 2.05) is 0 Å². The van der Waals surface area contributed by atoms with Crippen LogP contribution in [0.3, 0.4) is 0 Å². The summed E-state index contributed by atoms with van der Waals surface area (Å²) in [7, 11) is -3.48. The molecule has 2 fully saturated rings. The van der Waals surface area contributed by atoms with E-state index in [-0.39, 0.29) is 22.8 Å². The van der Waals surface area contributed by atoms with Crippen molar-refractivity contribution in [3.05, 3.63) is 23.8 Å². The molecule has 1 saturated heterocycles. The number of sulfonamides is 1. The largest absolute Gasteiger partial charge is 0.491 e. The molecule has 3 rings (SSSR count). The van der Waals surface area contributed by atoms with Crippen LogP contribution in [0, 0.1) is 5.92 Å². The monoisotopic (exact) mass is 398 g/mol. The minimum absolute atomic E-state index is 0.0534. The highest BCUT2D eigenvalue weighted by atomic mass is 32.2. The average Bonchev–Trinajstić information content (AvgIpc) is 3.46. The molecule has 0 bridgehead atoms. The number of carboxylic acids is 1. The second kappa shape index (κ2) is 8.90. The van der Waals surface area contributed by atoms with Gasteiger partial charge in [-0.2, -0.15) is 0 Å². The van der Waals surface area contributed by atoms with Crippen LogP contribution in [0.4, 0.5) is 5.69 Å². The summed E-state index contributed by atoms with van der Waals surface area (Å²) in [4.78, 5) is 13.7. The average molecular weight is 398 g/mol. The highest BCUT2D eigenvalue weighted by Crippen LogP contribution is 2.33. The predicted octanol–water partition coefficient (Wildman–Crippen LogP) is 1.64. The van der Waals surface area contributed by atoms with Gasteiger partial charge in [0.1, 0.15) is 17.9 Å². The van der Waals surface area contributed by atoms with Crippen molar-refractivity contribution in [2.75, 3.05) is 49.9 Å². The van der Waals surface area contributed by atoms with Gasteiger partial charge in [0, 0.05) is 25.3 Å². The number of benzene rings is 1. The molecule has 0 atom stereocenters. The smallest absolute Gasteiger partial charge is 0.339 e. The zero-order valence-electron chi connectivity index (χ0n) is 15.2. The van der Waals surface area contributed by atoms with Crippen molar-refractivity contribution < 1.29 is 27.8 Å². The molecule has 1 aliphatic heterocycles. The van der Waals surface area contributed by atoms with Crippen LogP contribution in [0.25, 0.3) is 0 Å². The number of morpholine rings is 1. The lowest BCUT2D eigenvalue weighted by molar-refractivity contribution is 0.0321. The number of hydrogen-bond donors (Lipinski definition) is 2. The van der Waals surface area contributed by atoms with Crippen LogP contribution in [0.5, 0.6) is 5.75 Å².